The van der Waals surface area contributed by atoms with E-state index in [1.165, 1.54) is 5.56 Å². The summed E-state index contributed by atoms with van der Waals surface area (Å²) in [5.41, 5.74) is 3.46. The SMILES string of the molecule is Cc1cc(C(C)(C)C)cc(C)c1SF. The molecule has 1 aromatic carbocycles. The third-order valence-corrected chi connectivity index (χ3v) is 3.20. The van der Waals surface area contributed by atoms with Crippen molar-refractivity contribution in [3.63, 3.8) is 0 Å². The molecule has 0 bridgehead atoms. The van der Waals surface area contributed by atoms with E-state index in [4.69, 9.17) is 0 Å². The van der Waals surface area contributed by atoms with Gasteiger partial charge in [-0.15, -0.1) is 0 Å². The van der Waals surface area contributed by atoms with Crippen LogP contribution in [0.25, 0.3) is 0 Å². The molecule has 0 saturated carbocycles. The zero-order valence-corrected chi connectivity index (χ0v) is 10.3. The highest BCUT2D eigenvalue weighted by Crippen LogP contribution is 2.32. The van der Waals surface area contributed by atoms with E-state index in [1.54, 1.807) is 0 Å². The van der Waals surface area contributed by atoms with Crippen LogP contribution in [0.15, 0.2) is 17.0 Å². The lowest BCUT2D eigenvalue weighted by atomic mass is 9.85. The maximum absolute atomic E-state index is 12.6. The summed E-state index contributed by atoms with van der Waals surface area (Å²) in [5.74, 6) is 0. The predicted molar refractivity (Wildman–Crippen MR) is 61.6 cm³/mol. The van der Waals surface area contributed by atoms with Crippen LogP contribution in [0.5, 0.6) is 0 Å². The van der Waals surface area contributed by atoms with Gasteiger partial charge in [-0.1, -0.05) is 32.9 Å². The summed E-state index contributed by atoms with van der Waals surface area (Å²) in [6.07, 6.45) is 0. The molecule has 0 amide bonds. The Labute approximate surface area is 90.2 Å². The standard InChI is InChI=1S/C12H17FS/c1-8-6-10(12(3,4)5)7-9(2)11(8)14-13/h6-7H,1-5H3. The highest BCUT2D eigenvalue weighted by Gasteiger charge is 2.16. The second-order valence-corrected chi connectivity index (χ2v) is 5.33. The Morgan fingerprint density at radius 1 is 1.07 bits per heavy atom. The summed E-state index contributed by atoms with van der Waals surface area (Å²) < 4.78 is 12.6. The maximum atomic E-state index is 12.6. The quantitative estimate of drug-likeness (QED) is 0.656. The largest absolute Gasteiger partial charge is 0.160 e. The number of hydrogen-bond acceptors (Lipinski definition) is 1. The Morgan fingerprint density at radius 2 is 1.50 bits per heavy atom. The van der Waals surface area contributed by atoms with Crippen molar-refractivity contribution in [1.29, 1.82) is 0 Å². The molecule has 1 aromatic rings. The van der Waals surface area contributed by atoms with E-state index in [-0.39, 0.29) is 5.41 Å². The lowest BCUT2D eigenvalue weighted by molar-refractivity contribution is 0.588. The van der Waals surface area contributed by atoms with Crippen molar-refractivity contribution < 1.29 is 3.89 Å². The first-order chi connectivity index (χ1) is 6.36. The molecule has 0 radical (unpaired) electrons. The molecule has 0 aliphatic carbocycles. The van der Waals surface area contributed by atoms with Crippen molar-refractivity contribution in [1.82, 2.24) is 0 Å². The molecule has 0 heterocycles. The monoisotopic (exact) mass is 212 g/mol. The van der Waals surface area contributed by atoms with Crippen LogP contribution in [0, 0.1) is 13.8 Å². The van der Waals surface area contributed by atoms with Gasteiger partial charge in [0, 0.05) is 4.90 Å². The van der Waals surface area contributed by atoms with Crippen LogP contribution >= 0.6 is 12.1 Å². The lowest BCUT2D eigenvalue weighted by Crippen LogP contribution is -2.11. The fourth-order valence-corrected chi connectivity index (χ4v) is 1.87. The van der Waals surface area contributed by atoms with Crippen LogP contribution < -0.4 is 0 Å². The van der Waals surface area contributed by atoms with Crippen molar-refractivity contribution >= 4 is 12.1 Å². The first kappa shape index (κ1) is 11.6. The minimum Gasteiger partial charge on any atom is -0.160 e. The minimum absolute atomic E-state index is 0.134. The van der Waals surface area contributed by atoms with Gasteiger partial charge in [-0.25, -0.2) is 0 Å². The summed E-state index contributed by atoms with van der Waals surface area (Å²) in [4.78, 5) is 0.762. The number of rotatable bonds is 1. The van der Waals surface area contributed by atoms with Gasteiger partial charge in [0.1, 0.15) is 0 Å². The summed E-state index contributed by atoms with van der Waals surface area (Å²) in [7, 11) is 0. The first-order valence-electron chi connectivity index (χ1n) is 4.76. The summed E-state index contributed by atoms with van der Waals surface area (Å²) in [6.45, 7) is 10.4. The molecule has 78 valence electrons. The van der Waals surface area contributed by atoms with Crippen LogP contribution in [-0.4, -0.2) is 0 Å². The number of aryl methyl sites for hydroxylation is 2. The Kier molecular flexibility index (Phi) is 3.25. The van der Waals surface area contributed by atoms with Gasteiger partial charge >= 0.3 is 0 Å². The average Bonchev–Trinajstić information content (AvgIpc) is 2.01. The van der Waals surface area contributed by atoms with E-state index in [0.717, 1.165) is 16.0 Å². The van der Waals surface area contributed by atoms with Crippen LogP contribution in [-0.2, 0) is 5.41 Å². The molecule has 1 rings (SSSR count). The molecule has 0 atom stereocenters. The zero-order valence-electron chi connectivity index (χ0n) is 9.44. The smallest absolute Gasteiger partial charge is 0.0817 e. The Hall–Kier alpha value is -0.500. The van der Waals surface area contributed by atoms with Crippen LogP contribution in [0.3, 0.4) is 0 Å². The van der Waals surface area contributed by atoms with Crippen LogP contribution in [0.4, 0.5) is 3.89 Å². The van der Waals surface area contributed by atoms with Crippen molar-refractivity contribution in [2.24, 2.45) is 0 Å². The van der Waals surface area contributed by atoms with Gasteiger partial charge in [0.25, 0.3) is 0 Å². The topological polar surface area (TPSA) is 0 Å². The third kappa shape index (κ3) is 2.30. The molecule has 14 heavy (non-hydrogen) atoms. The van der Waals surface area contributed by atoms with Crippen LogP contribution in [0.2, 0.25) is 0 Å². The predicted octanol–water partition coefficient (Wildman–Crippen LogP) is 4.58. The van der Waals surface area contributed by atoms with Crippen molar-refractivity contribution in [2.75, 3.05) is 0 Å². The van der Waals surface area contributed by atoms with E-state index in [9.17, 15) is 3.89 Å². The second kappa shape index (κ2) is 3.93. The number of hydrogen-bond donors (Lipinski definition) is 0. The molecule has 0 nitrogen and oxygen atoms in total. The van der Waals surface area contributed by atoms with Gasteiger partial charge in [0.2, 0.25) is 0 Å². The summed E-state index contributed by atoms with van der Waals surface area (Å²) in [6, 6.07) is 4.16. The van der Waals surface area contributed by atoms with Gasteiger partial charge in [-0.05, 0) is 36.0 Å². The molecule has 0 N–H and O–H groups in total. The van der Waals surface area contributed by atoms with Gasteiger partial charge in [-0.2, -0.15) is 3.89 Å². The van der Waals surface area contributed by atoms with Crippen LogP contribution in [0.1, 0.15) is 37.5 Å². The molecule has 2 heteroatoms. The molecule has 0 aromatic heterocycles. The summed E-state index contributed by atoms with van der Waals surface area (Å²) >= 11 is 0.341. The van der Waals surface area contributed by atoms with E-state index in [1.807, 2.05) is 13.8 Å². The van der Waals surface area contributed by atoms with E-state index in [2.05, 4.69) is 32.9 Å². The molecule has 0 aliphatic heterocycles. The van der Waals surface area contributed by atoms with E-state index in [0.29, 0.717) is 12.1 Å². The second-order valence-electron chi connectivity index (χ2n) is 4.77. The number of halogens is 1. The fraction of sp³-hybridized carbons (Fsp3) is 0.500. The zero-order chi connectivity index (χ0) is 10.9. The van der Waals surface area contributed by atoms with Crippen molar-refractivity contribution in [3.05, 3.63) is 28.8 Å². The van der Waals surface area contributed by atoms with Gasteiger partial charge < -0.3 is 0 Å². The Bertz CT molecular complexity index is 314. The molecular formula is C12H17FS. The molecule has 0 aliphatic rings. The highest BCUT2D eigenvalue weighted by atomic mass is 32.2. The van der Waals surface area contributed by atoms with E-state index >= 15 is 0 Å². The van der Waals surface area contributed by atoms with Gasteiger partial charge in [0.15, 0.2) is 0 Å². The minimum atomic E-state index is 0.134. The third-order valence-electron chi connectivity index (χ3n) is 2.40. The maximum Gasteiger partial charge on any atom is 0.0817 e. The lowest BCUT2D eigenvalue weighted by Gasteiger charge is -2.21. The molecular weight excluding hydrogens is 195 g/mol. The first-order valence-corrected chi connectivity index (χ1v) is 5.48. The van der Waals surface area contributed by atoms with Crippen molar-refractivity contribution in [3.8, 4) is 0 Å². The molecule has 0 spiro atoms. The van der Waals surface area contributed by atoms with Gasteiger partial charge in [-0.3, -0.25) is 0 Å². The number of benzene rings is 1. The normalized spacial score (nSPS) is 11.9. The highest BCUT2D eigenvalue weighted by molar-refractivity contribution is 7.94. The van der Waals surface area contributed by atoms with Crippen molar-refractivity contribution in [2.45, 2.75) is 44.9 Å². The Morgan fingerprint density at radius 3 is 1.79 bits per heavy atom. The van der Waals surface area contributed by atoms with E-state index < -0.39 is 0 Å². The average molecular weight is 212 g/mol. The molecule has 0 fully saturated rings. The summed E-state index contributed by atoms with van der Waals surface area (Å²) in [5, 5.41) is 0. The fourth-order valence-electron chi connectivity index (χ4n) is 1.50. The Balaban J connectivity index is 3.28. The molecule has 0 saturated heterocycles. The van der Waals surface area contributed by atoms with Gasteiger partial charge in [0.05, 0.1) is 12.1 Å². The molecule has 0 unspecified atom stereocenters.